The van der Waals surface area contributed by atoms with E-state index in [1.807, 2.05) is 0 Å². The maximum absolute atomic E-state index is 11.1. The Bertz CT molecular complexity index is 293. The molecule has 16 heavy (non-hydrogen) atoms. The van der Waals surface area contributed by atoms with Gasteiger partial charge in [0.15, 0.2) is 5.78 Å². The van der Waals surface area contributed by atoms with E-state index in [-0.39, 0.29) is 31.0 Å². The second-order valence-corrected chi connectivity index (χ2v) is 3.05. The Morgan fingerprint density at radius 1 is 1.12 bits per heavy atom. The summed E-state index contributed by atoms with van der Waals surface area (Å²) >= 11 is 0. The highest BCUT2D eigenvalue weighted by molar-refractivity contribution is 5.93. The monoisotopic (exact) mass is 228 g/mol. The van der Waals surface area contributed by atoms with Gasteiger partial charge in [-0.05, 0) is 6.92 Å². The van der Waals surface area contributed by atoms with Gasteiger partial charge in [0.05, 0.1) is 13.0 Å². The van der Waals surface area contributed by atoms with Crippen LogP contribution in [-0.4, -0.2) is 30.9 Å². The molecule has 0 saturated carbocycles. The molecular formula is C11H16O5. The molecule has 90 valence electrons. The van der Waals surface area contributed by atoms with E-state index in [0.29, 0.717) is 6.42 Å². The van der Waals surface area contributed by atoms with Crippen LogP contribution in [0.1, 0.15) is 26.7 Å². The molecule has 0 heterocycles. The molecule has 0 fully saturated rings. The van der Waals surface area contributed by atoms with E-state index in [2.05, 4.69) is 16.1 Å². The van der Waals surface area contributed by atoms with Crippen LogP contribution in [0.25, 0.3) is 0 Å². The third-order valence-electron chi connectivity index (χ3n) is 1.71. The lowest BCUT2D eigenvalue weighted by Crippen LogP contribution is -2.16. The maximum atomic E-state index is 11.1. The Morgan fingerprint density at radius 3 is 2.25 bits per heavy atom. The third kappa shape index (κ3) is 5.95. The van der Waals surface area contributed by atoms with Crippen LogP contribution in [-0.2, 0) is 23.9 Å². The van der Waals surface area contributed by atoms with Crippen molar-refractivity contribution in [1.29, 1.82) is 0 Å². The molecule has 0 atom stereocenters. The number of hydrogen-bond donors (Lipinski definition) is 0. The Labute approximate surface area is 94.4 Å². The highest BCUT2D eigenvalue weighted by Gasteiger charge is 2.14. The first-order valence-electron chi connectivity index (χ1n) is 5.03. The van der Waals surface area contributed by atoms with Crippen molar-refractivity contribution in [3.05, 3.63) is 12.2 Å². The fraction of sp³-hybridized carbons (Fsp3) is 0.545. The van der Waals surface area contributed by atoms with E-state index in [0.717, 1.165) is 0 Å². The van der Waals surface area contributed by atoms with Crippen LogP contribution < -0.4 is 0 Å². The first-order valence-corrected chi connectivity index (χ1v) is 5.03. The van der Waals surface area contributed by atoms with Gasteiger partial charge in [0.1, 0.15) is 6.61 Å². The van der Waals surface area contributed by atoms with Crippen molar-refractivity contribution in [2.45, 2.75) is 26.7 Å². The van der Waals surface area contributed by atoms with Gasteiger partial charge in [0, 0.05) is 12.0 Å². The number of hydrogen-bond acceptors (Lipinski definition) is 5. The summed E-state index contributed by atoms with van der Waals surface area (Å²) in [6.45, 7) is 6.70. The van der Waals surface area contributed by atoms with Gasteiger partial charge in [-0.1, -0.05) is 13.5 Å². The zero-order valence-electron chi connectivity index (χ0n) is 9.58. The molecule has 0 amide bonds. The third-order valence-corrected chi connectivity index (χ3v) is 1.71. The van der Waals surface area contributed by atoms with E-state index in [9.17, 15) is 14.4 Å². The van der Waals surface area contributed by atoms with Crippen LogP contribution >= 0.6 is 0 Å². The zero-order valence-corrected chi connectivity index (χ0v) is 9.58. The fourth-order valence-electron chi connectivity index (χ4n) is 0.794. The van der Waals surface area contributed by atoms with Crippen molar-refractivity contribution >= 4 is 17.7 Å². The van der Waals surface area contributed by atoms with Gasteiger partial charge in [-0.25, -0.2) is 4.79 Å². The van der Waals surface area contributed by atoms with Gasteiger partial charge >= 0.3 is 11.9 Å². The highest BCUT2D eigenvalue weighted by atomic mass is 16.5. The smallest absolute Gasteiger partial charge is 0.333 e. The number of carbonyl (C=O) groups is 3. The lowest BCUT2D eigenvalue weighted by atomic mass is 10.2. The molecule has 0 rings (SSSR count). The molecular weight excluding hydrogens is 212 g/mol. The summed E-state index contributed by atoms with van der Waals surface area (Å²) in [6, 6.07) is 0. The van der Waals surface area contributed by atoms with Gasteiger partial charge in [-0.2, -0.15) is 0 Å². The Balaban J connectivity index is 3.91. The molecule has 0 aromatic carbocycles. The van der Waals surface area contributed by atoms with E-state index < -0.39 is 11.9 Å². The van der Waals surface area contributed by atoms with Gasteiger partial charge < -0.3 is 9.47 Å². The average molecular weight is 228 g/mol. The summed E-state index contributed by atoms with van der Waals surface area (Å²) in [5, 5.41) is 0. The Hall–Kier alpha value is -1.65. The summed E-state index contributed by atoms with van der Waals surface area (Å²) in [7, 11) is 0. The molecule has 5 nitrogen and oxygen atoms in total. The second-order valence-electron chi connectivity index (χ2n) is 3.05. The summed E-state index contributed by atoms with van der Waals surface area (Å²) in [5.74, 6) is -1.45. The largest absolute Gasteiger partial charge is 0.463 e. The molecule has 0 radical (unpaired) electrons. The van der Waals surface area contributed by atoms with E-state index >= 15 is 0 Å². The molecule has 0 aromatic heterocycles. The SMILES string of the molecule is C=C(CC(=O)OCC(=O)CC)C(=O)OCC. The molecule has 5 heteroatoms. The highest BCUT2D eigenvalue weighted by Crippen LogP contribution is 2.03. The minimum atomic E-state index is -0.653. The molecule has 0 unspecified atom stereocenters. The van der Waals surface area contributed by atoms with Crippen molar-refractivity contribution < 1.29 is 23.9 Å². The standard InChI is InChI=1S/C11H16O5/c1-4-9(12)7-16-10(13)6-8(3)11(14)15-5-2/h3-7H2,1-2H3. The first-order chi connectivity index (χ1) is 7.51. The lowest BCUT2D eigenvalue weighted by Gasteiger charge is -2.05. The van der Waals surface area contributed by atoms with Crippen molar-refractivity contribution in [2.24, 2.45) is 0 Å². The fourth-order valence-corrected chi connectivity index (χ4v) is 0.794. The van der Waals surface area contributed by atoms with Crippen LogP contribution in [0.15, 0.2) is 12.2 Å². The number of ketones is 1. The van der Waals surface area contributed by atoms with Crippen LogP contribution in [0.2, 0.25) is 0 Å². The molecule has 0 aliphatic heterocycles. The van der Waals surface area contributed by atoms with Gasteiger partial charge in [-0.15, -0.1) is 0 Å². The van der Waals surface area contributed by atoms with Crippen LogP contribution in [0.5, 0.6) is 0 Å². The Morgan fingerprint density at radius 2 is 1.75 bits per heavy atom. The number of carbonyl (C=O) groups excluding carboxylic acids is 3. The minimum absolute atomic E-state index is 0.0239. The summed E-state index contributed by atoms with van der Waals surface area (Å²) < 4.78 is 9.27. The molecule has 0 aliphatic carbocycles. The molecule has 0 aliphatic rings. The van der Waals surface area contributed by atoms with Crippen molar-refractivity contribution in [2.75, 3.05) is 13.2 Å². The summed E-state index contributed by atoms with van der Waals surface area (Å²) in [6.07, 6.45) is 0.0575. The number of rotatable bonds is 7. The van der Waals surface area contributed by atoms with Crippen LogP contribution in [0.3, 0.4) is 0 Å². The average Bonchev–Trinajstić information content (AvgIpc) is 2.26. The number of esters is 2. The van der Waals surface area contributed by atoms with Crippen LogP contribution in [0.4, 0.5) is 0 Å². The normalized spacial score (nSPS) is 9.38. The topological polar surface area (TPSA) is 69.7 Å². The first kappa shape index (κ1) is 14.3. The molecule has 0 N–H and O–H groups in total. The molecule has 0 bridgehead atoms. The number of Topliss-reactive ketones (excluding diaryl/α,β-unsaturated/α-hetero) is 1. The quantitative estimate of drug-likeness (QED) is 0.480. The maximum Gasteiger partial charge on any atom is 0.333 e. The second kappa shape index (κ2) is 7.62. The predicted octanol–water partition coefficient (Wildman–Crippen LogP) is 1.02. The predicted molar refractivity (Wildman–Crippen MR) is 56.6 cm³/mol. The lowest BCUT2D eigenvalue weighted by molar-refractivity contribution is -0.148. The van der Waals surface area contributed by atoms with E-state index in [1.54, 1.807) is 13.8 Å². The van der Waals surface area contributed by atoms with E-state index in [4.69, 9.17) is 0 Å². The minimum Gasteiger partial charge on any atom is -0.463 e. The van der Waals surface area contributed by atoms with Crippen molar-refractivity contribution in [1.82, 2.24) is 0 Å². The van der Waals surface area contributed by atoms with E-state index in [1.165, 1.54) is 0 Å². The molecule has 0 saturated heterocycles. The molecule has 0 spiro atoms. The zero-order chi connectivity index (χ0) is 12.6. The molecule has 0 aromatic rings. The van der Waals surface area contributed by atoms with Crippen molar-refractivity contribution in [3.8, 4) is 0 Å². The van der Waals surface area contributed by atoms with Gasteiger partial charge in [-0.3, -0.25) is 9.59 Å². The Kier molecular flexibility index (Phi) is 6.83. The number of ether oxygens (including phenoxy) is 2. The summed E-state index contributed by atoms with van der Waals surface area (Å²) in [4.78, 5) is 33.1. The summed E-state index contributed by atoms with van der Waals surface area (Å²) in [5.41, 5.74) is 0.0239. The van der Waals surface area contributed by atoms with Crippen molar-refractivity contribution in [3.63, 3.8) is 0 Å². The van der Waals surface area contributed by atoms with Gasteiger partial charge in [0.2, 0.25) is 0 Å². The van der Waals surface area contributed by atoms with Crippen LogP contribution in [0, 0.1) is 0 Å². The van der Waals surface area contributed by atoms with Gasteiger partial charge in [0.25, 0.3) is 0 Å².